The second-order valence-electron chi connectivity index (χ2n) is 10.8. The van der Waals surface area contributed by atoms with Crippen molar-refractivity contribution in [2.24, 2.45) is 0 Å². The first-order valence-electron chi connectivity index (χ1n) is 13.7. The van der Waals surface area contributed by atoms with Crippen molar-refractivity contribution in [2.75, 3.05) is 26.1 Å². The lowest BCUT2D eigenvalue weighted by molar-refractivity contribution is -0.384. The van der Waals surface area contributed by atoms with Crippen LogP contribution in [-0.4, -0.2) is 48.2 Å². The summed E-state index contributed by atoms with van der Waals surface area (Å²) in [4.78, 5) is 28.3. The SMILES string of the molecule is COc1ccc(C[C@]2(C)C[C@H](Nc3c([N+](=O)[O-])cnc4ccc(C(F)(F)C(=O)c5ccccc5)cc34)CCO2)c(OC)c1. The number of rotatable bonds is 10. The van der Waals surface area contributed by atoms with Crippen LogP contribution in [0.5, 0.6) is 11.5 Å². The second kappa shape index (κ2) is 11.9. The number of nitrogens with one attached hydrogen (secondary N) is 1. The number of Topliss-reactive ketones (excluding diaryl/α,β-unsaturated/α-hetero) is 1. The van der Waals surface area contributed by atoms with Crippen LogP contribution < -0.4 is 14.8 Å². The molecule has 224 valence electrons. The highest BCUT2D eigenvalue weighted by atomic mass is 19.3. The van der Waals surface area contributed by atoms with E-state index in [9.17, 15) is 14.9 Å². The number of nitrogens with zero attached hydrogens (tertiary/aromatic N) is 2. The molecule has 2 heterocycles. The Morgan fingerprint density at radius 3 is 2.60 bits per heavy atom. The predicted molar refractivity (Wildman–Crippen MR) is 157 cm³/mol. The Labute approximate surface area is 246 Å². The summed E-state index contributed by atoms with van der Waals surface area (Å²) in [6.07, 6.45) is 2.60. The molecule has 1 aliphatic heterocycles. The van der Waals surface area contributed by atoms with Crippen molar-refractivity contribution in [3.8, 4) is 11.5 Å². The molecule has 5 rings (SSSR count). The van der Waals surface area contributed by atoms with Crippen LogP contribution in [0.1, 0.15) is 41.3 Å². The number of halogens is 2. The van der Waals surface area contributed by atoms with Crippen molar-refractivity contribution in [1.29, 1.82) is 0 Å². The molecule has 9 nitrogen and oxygen atoms in total. The average Bonchev–Trinajstić information content (AvgIpc) is 3.00. The van der Waals surface area contributed by atoms with Crippen LogP contribution in [0.25, 0.3) is 10.9 Å². The molecule has 0 radical (unpaired) electrons. The summed E-state index contributed by atoms with van der Waals surface area (Å²) >= 11 is 0. The molecule has 11 heteroatoms. The van der Waals surface area contributed by atoms with Crippen LogP contribution in [0.4, 0.5) is 20.2 Å². The molecule has 0 saturated carbocycles. The third-order valence-electron chi connectivity index (χ3n) is 7.73. The van der Waals surface area contributed by atoms with Gasteiger partial charge in [-0.05, 0) is 43.5 Å². The Kier molecular flexibility index (Phi) is 8.27. The zero-order valence-electron chi connectivity index (χ0n) is 23.9. The quantitative estimate of drug-likeness (QED) is 0.123. The number of benzene rings is 3. The summed E-state index contributed by atoms with van der Waals surface area (Å²) in [5, 5.41) is 15.4. The molecular weight excluding hydrogens is 560 g/mol. The largest absolute Gasteiger partial charge is 0.497 e. The normalized spacial score (nSPS) is 18.7. The number of anilines is 1. The highest BCUT2D eigenvalue weighted by Gasteiger charge is 2.42. The lowest BCUT2D eigenvalue weighted by Gasteiger charge is -2.39. The monoisotopic (exact) mass is 591 g/mol. The third kappa shape index (κ3) is 6.12. The fraction of sp³-hybridized carbons (Fsp3) is 0.312. The number of hydrogen-bond acceptors (Lipinski definition) is 8. The molecular formula is C32H31F2N3O6. The van der Waals surface area contributed by atoms with Crippen LogP contribution in [0.2, 0.25) is 0 Å². The van der Waals surface area contributed by atoms with Gasteiger partial charge in [-0.15, -0.1) is 0 Å². The minimum absolute atomic E-state index is 0.0658. The minimum atomic E-state index is -3.87. The first kappa shape index (κ1) is 29.8. The molecule has 0 amide bonds. The Hall–Kier alpha value is -4.64. The minimum Gasteiger partial charge on any atom is -0.497 e. The summed E-state index contributed by atoms with van der Waals surface area (Å²) in [6, 6.07) is 16.1. The number of hydrogen-bond donors (Lipinski definition) is 1. The number of ether oxygens (including phenoxy) is 3. The Bertz CT molecular complexity index is 1670. The van der Waals surface area contributed by atoms with Crippen LogP contribution in [0, 0.1) is 10.1 Å². The van der Waals surface area contributed by atoms with Gasteiger partial charge in [0.2, 0.25) is 5.78 Å². The van der Waals surface area contributed by atoms with Gasteiger partial charge in [0.1, 0.15) is 23.4 Å². The summed E-state index contributed by atoms with van der Waals surface area (Å²) in [5.41, 5.74) is -0.487. The molecule has 0 spiro atoms. The van der Waals surface area contributed by atoms with E-state index in [1.165, 1.54) is 30.3 Å². The van der Waals surface area contributed by atoms with E-state index in [2.05, 4.69) is 10.3 Å². The van der Waals surface area contributed by atoms with Gasteiger partial charge in [0, 0.05) is 41.6 Å². The third-order valence-corrected chi connectivity index (χ3v) is 7.73. The Morgan fingerprint density at radius 1 is 1.14 bits per heavy atom. The van der Waals surface area contributed by atoms with Crippen LogP contribution in [0.3, 0.4) is 0 Å². The van der Waals surface area contributed by atoms with E-state index in [4.69, 9.17) is 14.2 Å². The summed E-state index contributed by atoms with van der Waals surface area (Å²) in [6.45, 7) is 2.33. The number of ketones is 1. The second-order valence-corrected chi connectivity index (χ2v) is 10.8. The molecule has 0 aliphatic carbocycles. The van der Waals surface area contributed by atoms with Gasteiger partial charge in [0.25, 0.3) is 0 Å². The van der Waals surface area contributed by atoms with Gasteiger partial charge in [0.15, 0.2) is 0 Å². The van der Waals surface area contributed by atoms with E-state index >= 15 is 8.78 Å². The van der Waals surface area contributed by atoms with Gasteiger partial charge in [-0.1, -0.05) is 42.5 Å². The molecule has 1 N–H and O–H groups in total. The fourth-order valence-electron chi connectivity index (χ4n) is 5.55. The van der Waals surface area contributed by atoms with Crippen molar-refractivity contribution in [3.63, 3.8) is 0 Å². The summed E-state index contributed by atoms with van der Waals surface area (Å²) in [7, 11) is 3.15. The average molecular weight is 592 g/mol. The predicted octanol–water partition coefficient (Wildman–Crippen LogP) is 6.73. The first-order chi connectivity index (χ1) is 20.5. The lowest BCUT2D eigenvalue weighted by atomic mass is 9.86. The molecule has 1 saturated heterocycles. The van der Waals surface area contributed by atoms with Crippen LogP contribution >= 0.6 is 0 Å². The zero-order valence-corrected chi connectivity index (χ0v) is 23.9. The van der Waals surface area contributed by atoms with E-state index in [1.54, 1.807) is 26.4 Å². The molecule has 0 unspecified atom stereocenters. The van der Waals surface area contributed by atoms with Crippen LogP contribution in [-0.2, 0) is 17.1 Å². The molecule has 3 aromatic carbocycles. The van der Waals surface area contributed by atoms with E-state index in [0.717, 1.165) is 23.9 Å². The molecule has 1 fully saturated rings. The highest BCUT2D eigenvalue weighted by molar-refractivity contribution is 6.03. The number of fused-ring (bicyclic) bond motifs is 1. The number of nitro groups is 1. The van der Waals surface area contributed by atoms with Crippen LogP contribution in [0.15, 0.2) is 72.9 Å². The number of carbonyl (C=O) groups is 1. The molecule has 1 aromatic heterocycles. The van der Waals surface area contributed by atoms with Crippen molar-refractivity contribution in [1.82, 2.24) is 4.98 Å². The van der Waals surface area contributed by atoms with Gasteiger partial charge in [-0.25, -0.2) is 4.98 Å². The molecule has 1 aliphatic rings. The fourth-order valence-corrected chi connectivity index (χ4v) is 5.55. The smallest absolute Gasteiger partial charge is 0.334 e. The number of carbonyl (C=O) groups excluding carboxylic acids is 1. The molecule has 0 bridgehead atoms. The van der Waals surface area contributed by atoms with Crippen molar-refractivity contribution in [2.45, 2.75) is 43.8 Å². The summed E-state index contributed by atoms with van der Waals surface area (Å²) in [5.74, 6) is -3.93. The Morgan fingerprint density at radius 2 is 1.91 bits per heavy atom. The lowest BCUT2D eigenvalue weighted by Crippen LogP contribution is -2.44. The van der Waals surface area contributed by atoms with Gasteiger partial charge in [-0.3, -0.25) is 14.9 Å². The van der Waals surface area contributed by atoms with E-state index in [-0.39, 0.29) is 33.9 Å². The number of pyridine rings is 1. The van der Waals surface area contributed by atoms with E-state index < -0.39 is 27.8 Å². The maximum atomic E-state index is 15.5. The van der Waals surface area contributed by atoms with Gasteiger partial charge in [0.05, 0.1) is 30.3 Å². The highest BCUT2D eigenvalue weighted by Crippen LogP contribution is 2.40. The summed E-state index contributed by atoms with van der Waals surface area (Å²) < 4.78 is 48.0. The number of methoxy groups -OCH3 is 2. The Balaban J connectivity index is 1.47. The molecule has 43 heavy (non-hydrogen) atoms. The topological polar surface area (TPSA) is 113 Å². The van der Waals surface area contributed by atoms with Gasteiger partial charge in [-0.2, -0.15) is 8.78 Å². The molecule has 4 aromatic rings. The maximum absolute atomic E-state index is 15.5. The van der Waals surface area contributed by atoms with Gasteiger partial charge >= 0.3 is 11.6 Å². The van der Waals surface area contributed by atoms with Crippen molar-refractivity contribution in [3.05, 3.63) is 99.7 Å². The number of aromatic nitrogens is 1. The van der Waals surface area contributed by atoms with E-state index in [0.29, 0.717) is 37.4 Å². The molecule has 2 atom stereocenters. The first-order valence-corrected chi connectivity index (χ1v) is 13.7. The van der Waals surface area contributed by atoms with E-state index in [1.807, 2.05) is 19.1 Å². The maximum Gasteiger partial charge on any atom is 0.334 e. The van der Waals surface area contributed by atoms with Crippen molar-refractivity contribution >= 4 is 28.1 Å². The zero-order chi connectivity index (χ0) is 30.8. The van der Waals surface area contributed by atoms with Gasteiger partial charge < -0.3 is 19.5 Å². The standard InChI is InChI=1S/C32H31F2N3O6/c1-31(17-21-9-11-24(41-2)16-28(21)42-3)18-23(13-14-43-31)36-29-25-15-22(10-12-26(25)35-19-27(29)37(39)40)32(33,34)30(38)20-7-5-4-6-8-20/h4-12,15-16,19,23H,13-14,17-18H2,1-3H3,(H,35,36)/t23-,31-/m1/s1. The number of alkyl halides is 2. The van der Waals surface area contributed by atoms with Crippen molar-refractivity contribution < 1.29 is 32.7 Å².